The molecule has 1 saturated heterocycles. The summed E-state index contributed by atoms with van der Waals surface area (Å²) < 4.78 is 16.7. The van der Waals surface area contributed by atoms with Crippen molar-refractivity contribution in [2.75, 3.05) is 26.3 Å². The van der Waals surface area contributed by atoms with Crippen LogP contribution in [0.15, 0.2) is 44.4 Å². The van der Waals surface area contributed by atoms with E-state index in [1.165, 1.54) is 11.8 Å². The molecular weight excluding hydrogens is 340 g/mol. The third-order valence-corrected chi connectivity index (χ3v) is 4.96. The quantitative estimate of drug-likeness (QED) is 0.665. The Hall–Kier alpha value is -2.25. The number of benzene rings is 1. The molecule has 0 saturated carbocycles. The molecule has 1 amide bonds. The standard InChI is InChI=1S/C18H18N2O4S/c1-12-3-2-4-14-16(12)19-18(24-14)25-11-13-5-6-15(23-13)17(21)20-7-9-22-10-8-20/h2-6H,7-11H2,1H3. The Morgan fingerprint density at radius 2 is 2.04 bits per heavy atom. The minimum atomic E-state index is -0.0861. The van der Waals surface area contributed by atoms with Crippen LogP contribution >= 0.6 is 11.8 Å². The number of para-hydroxylation sites is 1. The van der Waals surface area contributed by atoms with Crippen molar-refractivity contribution in [3.63, 3.8) is 0 Å². The van der Waals surface area contributed by atoms with Gasteiger partial charge in [-0.15, -0.1) is 0 Å². The van der Waals surface area contributed by atoms with Crippen molar-refractivity contribution in [2.24, 2.45) is 0 Å². The molecule has 25 heavy (non-hydrogen) atoms. The van der Waals surface area contributed by atoms with Crippen LogP contribution in [-0.4, -0.2) is 42.1 Å². The Morgan fingerprint density at radius 1 is 1.20 bits per heavy atom. The lowest BCUT2D eigenvalue weighted by molar-refractivity contribution is 0.0282. The van der Waals surface area contributed by atoms with E-state index in [4.69, 9.17) is 13.6 Å². The van der Waals surface area contributed by atoms with E-state index in [0.29, 0.717) is 43.0 Å². The van der Waals surface area contributed by atoms with Crippen molar-refractivity contribution < 1.29 is 18.4 Å². The minimum Gasteiger partial charge on any atom is -0.455 e. The Labute approximate surface area is 149 Å². The SMILES string of the molecule is Cc1cccc2oc(SCc3ccc(C(=O)N4CCOCC4)o3)nc12. The van der Waals surface area contributed by atoms with Gasteiger partial charge in [0.2, 0.25) is 0 Å². The van der Waals surface area contributed by atoms with Crippen LogP contribution in [0.3, 0.4) is 0 Å². The number of hydrogen-bond donors (Lipinski definition) is 0. The van der Waals surface area contributed by atoms with Crippen molar-refractivity contribution in [3.05, 3.63) is 47.4 Å². The van der Waals surface area contributed by atoms with Crippen molar-refractivity contribution in [1.82, 2.24) is 9.88 Å². The second-order valence-electron chi connectivity index (χ2n) is 5.86. The molecule has 3 heterocycles. The van der Waals surface area contributed by atoms with E-state index in [9.17, 15) is 4.79 Å². The molecule has 0 N–H and O–H groups in total. The van der Waals surface area contributed by atoms with Crippen LogP contribution in [0.25, 0.3) is 11.1 Å². The normalized spacial score (nSPS) is 15.0. The van der Waals surface area contributed by atoms with Gasteiger partial charge in [-0.3, -0.25) is 4.79 Å². The van der Waals surface area contributed by atoms with E-state index in [1.54, 1.807) is 11.0 Å². The Balaban J connectivity index is 1.42. The number of rotatable bonds is 4. The molecule has 130 valence electrons. The number of furan rings is 1. The van der Waals surface area contributed by atoms with Crippen LogP contribution in [0.1, 0.15) is 21.9 Å². The van der Waals surface area contributed by atoms with Crippen LogP contribution in [0.4, 0.5) is 0 Å². The molecule has 3 aromatic rings. The fourth-order valence-electron chi connectivity index (χ4n) is 2.75. The maximum atomic E-state index is 12.4. The van der Waals surface area contributed by atoms with E-state index in [-0.39, 0.29) is 5.91 Å². The van der Waals surface area contributed by atoms with Crippen molar-refractivity contribution >= 4 is 28.8 Å². The van der Waals surface area contributed by atoms with Crippen molar-refractivity contribution in [3.8, 4) is 0 Å². The topological polar surface area (TPSA) is 68.7 Å². The summed E-state index contributed by atoms with van der Waals surface area (Å²) in [4.78, 5) is 18.6. The lowest BCUT2D eigenvalue weighted by Crippen LogP contribution is -2.40. The van der Waals surface area contributed by atoms with Gasteiger partial charge in [0, 0.05) is 13.1 Å². The lowest BCUT2D eigenvalue weighted by atomic mass is 10.2. The lowest BCUT2D eigenvalue weighted by Gasteiger charge is -2.25. The predicted molar refractivity (Wildman–Crippen MR) is 93.7 cm³/mol. The van der Waals surface area contributed by atoms with E-state index >= 15 is 0 Å². The average molecular weight is 358 g/mol. The molecule has 0 spiro atoms. The van der Waals surface area contributed by atoms with Crippen LogP contribution in [0, 0.1) is 6.92 Å². The largest absolute Gasteiger partial charge is 0.455 e. The first kappa shape index (κ1) is 16.2. The van der Waals surface area contributed by atoms with Gasteiger partial charge in [-0.2, -0.15) is 0 Å². The Morgan fingerprint density at radius 3 is 2.84 bits per heavy atom. The number of carbonyl (C=O) groups excluding carboxylic acids is 1. The predicted octanol–water partition coefficient (Wildman–Crippen LogP) is 3.49. The van der Waals surface area contributed by atoms with Gasteiger partial charge in [-0.25, -0.2) is 4.98 Å². The zero-order valence-corrected chi connectivity index (χ0v) is 14.7. The summed E-state index contributed by atoms with van der Waals surface area (Å²) in [5.74, 6) is 1.56. The second kappa shape index (κ2) is 6.93. The van der Waals surface area contributed by atoms with Crippen molar-refractivity contribution in [1.29, 1.82) is 0 Å². The van der Waals surface area contributed by atoms with Gasteiger partial charge >= 0.3 is 0 Å². The first-order chi connectivity index (χ1) is 12.2. The molecule has 1 aliphatic heterocycles. The maximum absolute atomic E-state index is 12.4. The highest BCUT2D eigenvalue weighted by molar-refractivity contribution is 7.98. The summed E-state index contributed by atoms with van der Waals surface area (Å²) in [5.41, 5.74) is 2.75. The molecule has 4 rings (SSSR count). The number of oxazole rings is 1. The number of aromatic nitrogens is 1. The molecule has 0 bridgehead atoms. The molecule has 0 aliphatic carbocycles. The number of amides is 1. The van der Waals surface area contributed by atoms with Crippen LogP contribution in [0.5, 0.6) is 0 Å². The fourth-order valence-corrected chi connectivity index (χ4v) is 3.48. The minimum absolute atomic E-state index is 0.0861. The summed E-state index contributed by atoms with van der Waals surface area (Å²) in [7, 11) is 0. The number of hydrogen-bond acceptors (Lipinski definition) is 6. The van der Waals surface area contributed by atoms with E-state index in [0.717, 1.165) is 22.4 Å². The number of ether oxygens (including phenoxy) is 1. The maximum Gasteiger partial charge on any atom is 0.289 e. The molecule has 1 fully saturated rings. The highest BCUT2D eigenvalue weighted by atomic mass is 32.2. The second-order valence-corrected chi connectivity index (χ2v) is 6.79. The first-order valence-electron chi connectivity index (χ1n) is 8.15. The summed E-state index contributed by atoms with van der Waals surface area (Å²) in [5, 5.41) is 0.599. The zero-order valence-electron chi connectivity index (χ0n) is 13.9. The zero-order chi connectivity index (χ0) is 17.2. The average Bonchev–Trinajstić information content (AvgIpc) is 3.27. The van der Waals surface area contributed by atoms with Gasteiger partial charge in [0.05, 0.1) is 19.0 Å². The molecule has 1 aliphatic rings. The molecule has 6 nitrogen and oxygen atoms in total. The monoisotopic (exact) mass is 358 g/mol. The molecule has 7 heteroatoms. The third kappa shape index (κ3) is 3.43. The van der Waals surface area contributed by atoms with Gasteiger partial charge in [0.15, 0.2) is 11.3 Å². The summed E-state index contributed by atoms with van der Waals surface area (Å²) in [6, 6.07) is 9.42. The van der Waals surface area contributed by atoms with Gasteiger partial charge in [-0.1, -0.05) is 23.9 Å². The van der Waals surface area contributed by atoms with Gasteiger partial charge in [0.1, 0.15) is 11.3 Å². The number of morpholine rings is 1. The summed E-state index contributed by atoms with van der Waals surface area (Å²) in [6.45, 7) is 4.37. The fraction of sp³-hybridized carbons (Fsp3) is 0.333. The Bertz CT molecular complexity index is 896. The van der Waals surface area contributed by atoms with Crippen molar-refractivity contribution in [2.45, 2.75) is 17.9 Å². The summed E-state index contributed by atoms with van der Waals surface area (Å²) >= 11 is 1.45. The highest BCUT2D eigenvalue weighted by Crippen LogP contribution is 2.28. The number of nitrogens with zero attached hydrogens (tertiary/aromatic N) is 2. The van der Waals surface area contributed by atoms with Gasteiger partial charge < -0.3 is 18.5 Å². The van der Waals surface area contributed by atoms with Gasteiger partial charge in [-0.05, 0) is 30.7 Å². The number of aryl methyl sites for hydroxylation is 1. The molecular formula is C18H18N2O4S. The number of carbonyl (C=O) groups is 1. The van der Waals surface area contributed by atoms with Gasteiger partial charge in [0.25, 0.3) is 11.1 Å². The smallest absolute Gasteiger partial charge is 0.289 e. The summed E-state index contributed by atoms with van der Waals surface area (Å²) in [6.07, 6.45) is 0. The molecule has 0 unspecified atom stereocenters. The van der Waals surface area contributed by atoms with Crippen LogP contribution in [-0.2, 0) is 10.5 Å². The third-order valence-electron chi connectivity index (χ3n) is 4.11. The van der Waals surface area contributed by atoms with Crippen LogP contribution < -0.4 is 0 Å². The van der Waals surface area contributed by atoms with Crippen LogP contribution in [0.2, 0.25) is 0 Å². The molecule has 1 aromatic carbocycles. The number of thioether (sulfide) groups is 1. The molecule has 0 atom stereocenters. The molecule has 2 aromatic heterocycles. The van der Waals surface area contributed by atoms with E-state index < -0.39 is 0 Å². The number of fused-ring (bicyclic) bond motifs is 1. The first-order valence-corrected chi connectivity index (χ1v) is 9.14. The van der Waals surface area contributed by atoms with E-state index in [1.807, 2.05) is 31.2 Å². The molecule has 0 radical (unpaired) electrons. The van der Waals surface area contributed by atoms with E-state index in [2.05, 4.69) is 4.98 Å². The Kier molecular flexibility index (Phi) is 4.50. The highest BCUT2D eigenvalue weighted by Gasteiger charge is 2.21.